The van der Waals surface area contributed by atoms with Crippen molar-refractivity contribution in [1.29, 1.82) is 0 Å². The number of rotatable bonds is 1. The number of hydrogen-bond donors (Lipinski definition) is 0. The van der Waals surface area contributed by atoms with Crippen LogP contribution >= 0.6 is 11.6 Å². The molecule has 0 radical (unpaired) electrons. The predicted octanol–water partition coefficient (Wildman–Crippen LogP) is 2.97. The molecule has 0 saturated heterocycles. The van der Waals surface area contributed by atoms with Gasteiger partial charge in [-0.1, -0.05) is 18.1 Å². The summed E-state index contributed by atoms with van der Waals surface area (Å²) in [5.41, 5.74) is 3.01. The second kappa shape index (κ2) is 2.74. The fourth-order valence-electron chi connectivity index (χ4n) is 1.43. The Morgan fingerprint density at radius 1 is 1.67 bits per heavy atom. The van der Waals surface area contributed by atoms with Gasteiger partial charge in [0, 0.05) is 5.88 Å². The molecule has 1 rings (SSSR count). The zero-order chi connectivity index (χ0) is 6.85. The second-order valence-electron chi connectivity index (χ2n) is 2.88. The minimum atomic E-state index is 0.743. The zero-order valence-electron chi connectivity index (χ0n) is 6.08. The van der Waals surface area contributed by atoms with E-state index in [1.54, 1.807) is 0 Å². The molecule has 0 heterocycles. The Labute approximate surface area is 61.9 Å². The molecule has 0 aromatic heterocycles. The van der Waals surface area contributed by atoms with Crippen molar-refractivity contribution in [1.82, 2.24) is 0 Å². The third-order valence-corrected chi connectivity index (χ3v) is 2.53. The highest BCUT2D eigenvalue weighted by Gasteiger charge is 2.17. The lowest BCUT2D eigenvalue weighted by Crippen LogP contribution is -1.93. The molecule has 0 spiro atoms. The van der Waals surface area contributed by atoms with Gasteiger partial charge in [-0.2, -0.15) is 0 Å². The average Bonchev–Trinajstić information content (AvgIpc) is 2.12. The van der Waals surface area contributed by atoms with Crippen molar-refractivity contribution < 1.29 is 0 Å². The molecule has 1 unspecified atom stereocenters. The molecule has 1 heteroatoms. The first kappa shape index (κ1) is 7.14. The van der Waals surface area contributed by atoms with Gasteiger partial charge in [0.1, 0.15) is 0 Å². The Morgan fingerprint density at radius 2 is 2.33 bits per heavy atom. The molecule has 0 amide bonds. The van der Waals surface area contributed by atoms with Gasteiger partial charge in [0.05, 0.1) is 0 Å². The fourth-order valence-corrected chi connectivity index (χ4v) is 1.93. The van der Waals surface area contributed by atoms with Gasteiger partial charge in [-0.05, 0) is 25.7 Å². The molecular formula is C8H13Cl. The van der Waals surface area contributed by atoms with Gasteiger partial charge >= 0.3 is 0 Å². The van der Waals surface area contributed by atoms with Gasteiger partial charge in [-0.25, -0.2) is 0 Å². The van der Waals surface area contributed by atoms with Crippen molar-refractivity contribution in [3.63, 3.8) is 0 Å². The Hall–Kier alpha value is 0.0300. The SMILES string of the molecule is CC1=C(CCl)C(C)CC1. The van der Waals surface area contributed by atoms with Gasteiger partial charge in [0.2, 0.25) is 0 Å². The molecule has 0 nitrogen and oxygen atoms in total. The molecule has 1 aliphatic rings. The maximum Gasteiger partial charge on any atom is 0.0438 e. The Morgan fingerprint density at radius 3 is 2.56 bits per heavy atom. The van der Waals surface area contributed by atoms with Crippen LogP contribution in [0.15, 0.2) is 11.1 Å². The summed E-state index contributed by atoms with van der Waals surface area (Å²) in [6.45, 7) is 4.45. The quantitative estimate of drug-likeness (QED) is 0.392. The molecule has 0 fully saturated rings. The normalized spacial score (nSPS) is 27.7. The number of allylic oxidation sites excluding steroid dienone is 2. The lowest BCUT2D eigenvalue weighted by molar-refractivity contribution is 0.670. The molecule has 0 aromatic carbocycles. The number of halogens is 1. The highest BCUT2D eigenvalue weighted by atomic mass is 35.5. The highest BCUT2D eigenvalue weighted by molar-refractivity contribution is 6.19. The minimum absolute atomic E-state index is 0.743. The van der Waals surface area contributed by atoms with Crippen LogP contribution in [0, 0.1) is 5.92 Å². The summed E-state index contributed by atoms with van der Waals surface area (Å²) in [4.78, 5) is 0. The van der Waals surface area contributed by atoms with Crippen molar-refractivity contribution >= 4 is 11.6 Å². The fraction of sp³-hybridized carbons (Fsp3) is 0.750. The third-order valence-electron chi connectivity index (χ3n) is 2.24. The van der Waals surface area contributed by atoms with Gasteiger partial charge in [0.15, 0.2) is 0 Å². The molecule has 9 heavy (non-hydrogen) atoms. The summed E-state index contributed by atoms with van der Waals surface area (Å²) >= 11 is 5.74. The van der Waals surface area contributed by atoms with E-state index in [1.807, 2.05) is 0 Å². The lowest BCUT2D eigenvalue weighted by atomic mass is 10.1. The van der Waals surface area contributed by atoms with E-state index in [-0.39, 0.29) is 0 Å². The molecule has 0 aromatic rings. The Kier molecular flexibility index (Phi) is 2.18. The number of hydrogen-bond acceptors (Lipinski definition) is 0. The molecule has 1 aliphatic carbocycles. The summed E-state index contributed by atoms with van der Waals surface area (Å²) in [6, 6.07) is 0. The number of alkyl halides is 1. The van der Waals surface area contributed by atoms with Crippen molar-refractivity contribution in [2.45, 2.75) is 26.7 Å². The van der Waals surface area contributed by atoms with Crippen molar-refractivity contribution in [2.24, 2.45) is 5.92 Å². The zero-order valence-corrected chi connectivity index (χ0v) is 6.83. The second-order valence-corrected chi connectivity index (χ2v) is 3.15. The van der Waals surface area contributed by atoms with Gasteiger partial charge in [0.25, 0.3) is 0 Å². The first-order valence-electron chi connectivity index (χ1n) is 3.50. The van der Waals surface area contributed by atoms with Crippen molar-refractivity contribution in [3.8, 4) is 0 Å². The minimum Gasteiger partial charge on any atom is -0.122 e. The van der Waals surface area contributed by atoms with E-state index in [1.165, 1.54) is 24.0 Å². The average molecular weight is 145 g/mol. The maximum absolute atomic E-state index is 5.74. The molecule has 52 valence electrons. The van der Waals surface area contributed by atoms with Crippen molar-refractivity contribution in [3.05, 3.63) is 11.1 Å². The van der Waals surface area contributed by atoms with E-state index in [0.29, 0.717) is 0 Å². The van der Waals surface area contributed by atoms with E-state index >= 15 is 0 Å². The maximum atomic E-state index is 5.74. The van der Waals surface area contributed by atoms with Crippen LogP contribution in [0.1, 0.15) is 26.7 Å². The Bertz CT molecular complexity index is 136. The summed E-state index contributed by atoms with van der Waals surface area (Å²) < 4.78 is 0. The van der Waals surface area contributed by atoms with Crippen LogP contribution in [0.25, 0.3) is 0 Å². The first-order chi connectivity index (χ1) is 4.25. The molecule has 0 aliphatic heterocycles. The Balaban J connectivity index is 2.69. The predicted molar refractivity (Wildman–Crippen MR) is 41.8 cm³/mol. The largest absolute Gasteiger partial charge is 0.122 e. The van der Waals surface area contributed by atoms with Crippen LogP contribution in [0.4, 0.5) is 0 Å². The standard InChI is InChI=1S/C8H13Cl/c1-6-3-4-7(2)8(6)5-9/h6H,3-5H2,1-2H3. The summed E-state index contributed by atoms with van der Waals surface area (Å²) in [5.74, 6) is 1.50. The first-order valence-corrected chi connectivity index (χ1v) is 4.03. The smallest absolute Gasteiger partial charge is 0.0438 e. The van der Waals surface area contributed by atoms with Crippen LogP contribution in [0.3, 0.4) is 0 Å². The van der Waals surface area contributed by atoms with Crippen LogP contribution in [0.2, 0.25) is 0 Å². The summed E-state index contributed by atoms with van der Waals surface area (Å²) in [6.07, 6.45) is 2.58. The van der Waals surface area contributed by atoms with Crippen LogP contribution in [-0.2, 0) is 0 Å². The lowest BCUT2D eigenvalue weighted by Gasteiger charge is -2.03. The summed E-state index contributed by atoms with van der Waals surface area (Å²) in [5, 5.41) is 0. The third kappa shape index (κ3) is 1.29. The van der Waals surface area contributed by atoms with Gasteiger partial charge in [-0.3, -0.25) is 0 Å². The van der Waals surface area contributed by atoms with Gasteiger partial charge in [-0.15, -0.1) is 11.6 Å². The van der Waals surface area contributed by atoms with Crippen LogP contribution in [0.5, 0.6) is 0 Å². The summed E-state index contributed by atoms with van der Waals surface area (Å²) in [7, 11) is 0. The van der Waals surface area contributed by atoms with E-state index in [0.717, 1.165) is 11.8 Å². The molecule has 0 bridgehead atoms. The molecular weight excluding hydrogens is 132 g/mol. The van der Waals surface area contributed by atoms with E-state index in [2.05, 4.69) is 13.8 Å². The van der Waals surface area contributed by atoms with E-state index < -0.39 is 0 Å². The highest BCUT2D eigenvalue weighted by Crippen LogP contribution is 2.31. The van der Waals surface area contributed by atoms with E-state index in [9.17, 15) is 0 Å². The van der Waals surface area contributed by atoms with Gasteiger partial charge < -0.3 is 0 Å². The molecule has 0 saturated carbocycles. The van der Waals surface area contributed by atoms with E-state index in [4.69, 9.17) is 11.6 Å². The van der Waals surface area contributed by atoms with Crippen LogP contribution < -0.4 is 0 Å². The monoisotopic (exact) mass is 144 g/mol. The van der Waals surface area contributed by atoms with Crippen LogP contribution in [-0.4, -0.2) is 5.88 Å². The van der Waals surface area contributed by atoms with Crippen molar-refractivity contribution in [2.75, 3.05) is 5.88 Å². The molecule has 0 N–H and O–H groups in total. The topological polar surface area (TPSA) is 0 Å². The molecule has 1 atom stereocenters.